The van der Waals surface area contributed by atoms with Gasteiger partial charge in [0, 0.05) is 11.8 Å². The highest BCUT2D eigenvalue weighted by molar-refractivity contribution is 6.35. The van der Waals surface area contributed by atoms with Gasteiger partial charge in [-0.3, -0.25) is 4.79 Å². The van der Waals surface area contributed by atoms with Crippen molar-refractivity contribution in [3.05, 3.63) is 99.3 Å². The van der Waals surface area contributed by atoms with Gasteiger partial charge in [0.05, 0.1) is 32.9 Å². The van der Waals surface area contributed by atoms with Crippen LogP contribution in [0.3, 0.4) is 0 Å². The number of carbonyl (C=O) groups excluding carboxylic acids is 1. The van der Waals surface area contributed by atoms with E-state index in [0.717, 1.165) is 12.1 Å². The molecule has 0 aliphatic carbocycles. The SMILES string of the molecule is CCc1cc(-c2c(C)c(C(=O)c3c(Cl)cccc3C(F)(F)F)n3ccccc23)ccc1C(=O)O. The average molecular weight is 486 g/mol. The Hall–Kier alpha value is -3.58. The van der Waals surface area contributed by atoms with Crippen LogP contribution in [-0.4, -0.2) is 21.3 Å². The highest BCUT2D eigenvalue weighted by Gasteiger charge is 2.37. The van der Waals surface area contributed by atoms with Crippen molar-refractivity contribution in [2.45, 2.75) is 26.4 Å². The molecule has 4 nitrogen and oxygen atoms in total. The maximum absolute atomic E-state index is 13.7. The molecule has 4 rings (SSSR count). The first-order chi connectivity index (χ1) is 16.1. The molecule has 0 bridgehead atoms. The van der Waals surface area contributed by atoms with Gasteiger partial charge in [0.2, 0.25) is 5.78 Å². The van der Waals surface area contributed by atoms with Crippen molar-refractivity contribution in [1.29, 1.82) is 0 Å². The van der Waals surface area contributed by atoms with E-state index in [-0.39, 0.29) is 16.3 Å². The van der Waals surface area contributed by atoms with Gasteiger partial charge in [-0.1, -0.05) is 42.8 Å². The van der Waals surface area contributed by atoms with Gasteiger partial charge in [-0.25, -0.2) is 4.79 Å². The van der Waals surface area contributed by atoms with Gasteiger partial charge in [0.1, 0.15) is 0 Å². The number of hydrogen-bond donors (Lipinski definition) is 1. The van der Waals surface area contributed by atoms with Gasteiger partial charge >= 0.3 is 12.1 Å². The molecule has 0 amide bonds. The summed E-state index contributed by atoms with van der Waals surface area (Å²) in [7, 11) is 0. The predicted octanol–water partition coefficient (Wildman–Crippen LogP) is 7.08. The van der Waals surface area contributed by atoms with Crippen LogP contribution < -0.4 is 0 Å². The van der Waals surface area contributed by atoms with Crippen LogP contribution in [0.1, 0.15) is 50.0 Å². The molecule has 174 valence electrons. The Morgan fingerprint density at radius 2 is 1.79 bits per heavy atom. The molecule has 2 aromatic heterocycles. The predicted molar refractivity (Wildman–Crippen MR) is 124 cm³/mol. The third kappa shape index (κ3) is 3.86. The Kier molecular flexibility index (Phi) is 6.00. The second kappa shape index (κ2) is 8.65. The van der Waals surface area contributed by atoms with E-state index in [4.69, 9.17) is 11.6 Å². The molecular formula is C26H19ClF3NO3. The van der Waals surface area contributed by atoms with E-state index in [2.05, 4.69) is 0 Å². The van der Waals surface area contributed by atoms with E-state index in [1.54, 1.807) is 47.9 Å². The van der Waals surface area contributed by atoms with Crippen LogP contribution in [0, 0.1) is 6.92 Å². The van der Waals surface area contributed by atoms with Gasteiger partial charge in [-0.15, -0.1) is 0 Å². The summed E-state index contributed by atoms with van der Waals surface area (Å²) in [6.07, 6.45) is -2.68. The summed E-state index contributed by atoms with van der Waals surface area (Å²) in [6.45, 7) is 3.50. The van der Waals surface area contributed by atoms with E-state index >= 15 is 0 Å². The third-order valence-electron chi connectivity index (χ3n) is 5.85. The number of alkyl halides is 3. The molecule has 0 aliphatic rings. The van der Waals surface area contributed by atoms with Crippen molar-refractivity contribution >= 4 is 28.9 Å². The molecule has 1 N–H and O–H groups in total. The quantitative estimate of drug-likeness (QED) is 0.307. The molecule has 0 spiro atoms. The standard InChI is InChI=1S/C26H19ClF3NO3/c1-3-15-13-16(10-11-17(15)25(33)34)21-14(2)23(31-12-5-4-9-20(21)31)24(32)22-18(26(28,29)30)7-6-8-19(22)27/h4-13H,3H2,1-2H3,(H,33,34). The number of hydrogen-bond acceptors (Lipinski definition) is 2. The summed E-state index contributed by atoms with van der Waals surface area (Å²) in [5.41, 5.74) is 1.51. The molecule has 2 aromatic carbocycles. The number of carbonyl (C=O) groups is 2. The topological polar surface area (TPSA) is 58.8 Å². The Balaban J connectivity index is 2.00. The maximum Gasteiger partial charge on any atom is 0.417 e. The molecule has 0 unspecified atom stereocenters. The Morgan fingerprint density at radius 1 is 1.06 bits per heavy atom. The number of rotatable bonds is 5. The van der Waals surface area contributed by atoms with E-state index in [1.807, 2.05) is 6.92 Å². The first-order valence-corrected chi connectivity index (χ1v) is 10.8. The first kappa shape index (κ1) is 23.6. The number of fused-ring (bicyclic) bond motifs is 1. The van der Waals surface area contributed by atoms with Crippen LogP contribution >= 0.6 is 11.6 Å². The molecule has 8 heteroatoms. The molecule has 0 atom stereocenters. The largest absolute Gasteiger partial charge is 0.478 e. The van der Waals surface area contributed by atoms with Crippen LogP contribution in [0.2, 0.25) is 5.02 Å². The highest BCUT2D eigenvalue weighted by Crippen LogP contribution is 2.39. The minimum atomic E-state index is -4.76. The molecule has 0 radical (unpaired) electrons. The number of nitrogens with zero attached hydrogens (tertiary/aromatic N) is 1. The van der Waals surface area contributed by atoms with Crippen molar-refractivity contribution in [2.75, 3.05) is 0 Å². The zero-order valence-electron chi connectivity index (χ0n) is 18.2. The second-order valence-electron chi connectivity index (χ2n) is 7.82. The minimum Gasteiger partial charge on any atom is -0.478 e. The van der Waals surface area contributed by atoms with Crippen molar-refractivity contribution in [1.82, 2.24) is 4.40 Å². The van der Waals surface area contributed by atoms with Gasteiger partial charge in [0.25, 0.3) is 0 Å². The summed E-state index contributed by atoms with van der Waals surface area (Å²) in [6, 6.07) is 13.3. The van der Waals surface area contributed by atoms with Crippen molar-refractivity contribution < 1.29 is 27.9 Å². The lowest BCUT2D eigenvalue weighted by atomic mass is 9.94. The number of pyridine rings is 1. The van der Waals surface area contributed by atoms with Crippen molar-refractivity contribution in [2.24, 2.45) is 0 Å². The number of halogens is 4. The van der Waals surface area contributed by atoms with E-state index in [0.29, 0.717) is 34.2 Å². The smallest absolute Gasteiger partial charge is 0.417 e. The molecule has 2 heterocycles. The average Bonchev–Trinajstić information content (AvgIpc) is 3.09. The van der Waals surface area contributed by atoms with Gasteiger partial charge in [-0.2, -0.15) is 13.2 Å². The third-order valence-corrected chi connectivity index (χ3v) is 6.17. The number of aromatic nitrogens is 1. The van der Waals surface area contributed by atoms with Crippen molar-refractivity contribution in [3.63, 3.8) is 0 Å². The number of aromatic carboxylic acids is 1. The minimum absolute atomic E-state index is 0.0598. The summed E-state index contributed by atoms with van der Waals surface area (Å²) in [5.74, 6) is -1.89. The van der Waals surface area contributed by atoms with Crippen LogP contribution in [0.4, 0.5) is 13.2 Å². The lowest BCUT2D eigenvalue weighted by Gasteiger charge is -2.14. The molecule has 0 saturated carbocycles. The number of carboxylic acid groups (broad SMARTS) is 1. The number of benzene rings is 2. The number of aryl methyl sites for hydroxylation is 1. The van der Waals surface area contributed by atoms with Crippen molar-refractivity contribution in [3.8, 4) is 11.1 Å². The fraction of sp³-hybridized carbons (Fsp3) is 0.154. The Morgan fingerprint density at radius 3 is 2.44 bits per heavy atom. The summed E-state index contributed by atoms with van der Waals surface area (Å²) >= 11 is 6.11. The zero-order chi connectivity index (χ0) is 24.8. The van der Waals surface area contributed by atoms with Crippen LogP contribution in [0.5, 0.6) is 0 Å². The monoisotopic (exact) mass is 485 g/mol. The number of ketones is 1. The normalized spacial score (nSPS) is 11.7. The zero-order valence-corrected chi connectivity index (χ0v) is 19.0. The lowest BCUT2D eigenvalue weighted by Crippen LogP contribution is -2.16. The lowest BCUT2D eigenvalue weighted by molar-refractivity contribution is -0.137. The number of carboxylic acids is 1. The Bertz CT molecular complexity index is 1450. The fourth-order valence-electron chi connectivity index (χ4n) is 4.34. The summed E-state index contributed by atoms with van der Waals surface area (Å²) < 4.78 is 42.7. The molecule has 4 aromatic rings. The highest BCUT2D eigenvalue weighted by atomic mass is 35.5. The summed E-state index contributed by atoms with van der Waals surface area (Å²) in [5, 5.41) is 9.17. The van der Waals surface area contributed by atoms with Crippen LogP contribution in [-0.2, 0) is 12.6 Å². The van der Waals surface area contributed by atoms with Crippen LogP contribution in [0.15, 0.2) is 60.8 Å². The molecule has 34 heavy (non-hydrogen) atoms. The molecule has 0 fully saturated rings. The fourth-order valence-corrected chi connectivity index (χ4v) is 4.60. The van der Waals surface area contributed by atoms with E-state index in [1.165, 1.54) is 12.1 Å². The molecule has 0 saturated heterocycles. The summed E-state index contributed by atoms with van der Waals surface area (Å²) in [4.78, 5) is 25.1. The van der Waals surface area contributed by atoms with Gasteiger partial charge in [0.15, 0.2) is 0 Å². The van der Waals surface area contributed by atoms with Gasteiger partial charge in [-0.05, 0) is 60.4 Å². The Labute approximate surface area is 198 Å². The van der Waals surface area contributed by atoms with E-state index in [9.17, 15) is 27.9 Å². The molecule has 0 aliphatic heterocycles. The van der Waals surface area contributed by atoms with E-state index < -0.39 is 29.1 Å². The van der Waals surface area contributed by atoms with Crippen LogP contribution in [0.25, 0.3) is 16.6 Å². The first-order valence-electron chi connectivity index (χ1n) is 10.4. The molecular weight excluding hydrogens is 467 g/mol. The van der Waals surface area contributed by atoms with Gasteiger partial charge < -0.3 is 9.51 Å². The second-order valence-corrected chi connectivity index (χ2v) is 8.23. The maximum atomic E-state index is 13.7.